The third-order valence-electron chi connectivity index (χ3n) is 17.1. The zero-order chi connectivity index (χ0) is 88.2. The third kappa shape index (κ3) is 39.1. The summed E-state index contributed by atoms with van der Waals surface area (Å²) in [4.78, 5) is 257. The van der Waals surface area contributed by atoms with Gasteiger partial charge in [-0.3, -0.25) is 97.1 Å². The summed E-state index contributed by atoms with van der Waals surface area (Å²) in [6, 6.07) is -17.2. The Balaban J connectivity index is 2.71. The summed E-state index contributed by atoms with van der Waals surface area (Å²) in [5.74, 6) is -27.0. The van der Waals surface area contributed by atoms with Crippen LogP contribution in [-0.2, 0) is 97.5 Å². The number of benzene rings is 1. The van der Waals surface area contributed by atoms with Crippen molar-refractivity contribution in [2.75, 3.05) is 37.7 Å². The van der Waals surface area contributed by atoms with E-state index < -0.39 is 272 Å². The van der Waals surface area contributed by atoms with Gasteiger partial charge in [0, 0.05) is 61.0 Å². The number of carbonyl (C=O) groups is 19. The number of nitrogens with two attached hydrogens (primary N) is 7. The van der Waals surface area contributed by atoms with Gasteiger partial charge in [-0.05, 0) is 102 Å². The highest BCUT2D eigenvalue weighted by Crippen LogP contribution is 2.20. The van der Waals surface area contributed by atoms with Crippen LogP contribution in [0, 0.1) is 10.8 Å². The molecule has 13 atom stereocenters. The standard InChI is InChI=1S/C67H106N24O24S2/c68-19-5-3-11-35(54(103)82-38(14-8-22-78-67(75)76)57(106)91-46(30-117)64(113)89-44(65(114)115)25-48(72)93)81-58(107)39(15-17-49(94)95)85-61(110)42(26-51(98)99)88-60(109)41(23-31-28-79-34-10-2-1-9-32(31)34)86-62(111)43(27-52(100)101)87-59(108)40(16-18-50(96)97)84-55(104)36(12-4-6-20-69)80-56(105)37(13-7-21-77-66(73)74)83-63(112)45(29-116)90-53(102)33(70)24-47(71)92/h1-2,9-10,28,33,35-46,79,116-117H,3-8,11-27,29-30,68-70H2,(H2,71,92)(H2,72,93)(H,80,105)(H,81,107)(H,82,103)(H,83,112)(H,84,104)(H,85,110)(H,86,111)(H,87,108)(H,88,109)(H,89,113)(H,90,102)(H,91,106)(H,94,95)(H,96,97)(H,98,99)(H,100,101)(H,114,115)(H4,73,74,77)(H4,75,76,78)/t33-,35-,36-,37-,38-,39-,40-,41-,42-,43-,44-,45-,46-/m0/s1. The smallest absolute Gasteiger partial charge is 0.326 e. The Hall–Kier alpha value is -12.2. The van der Waals surface area contributed by atoms with Gasteiger partial charge in [-0.15, -0.1) is 0 Å². The van der Waals surface area contributed by atoms with Crippen molar-refractivity contribution in [2.24, 2.45) is 40.1 Å². The van der Waals surface area contributed by atoms with Gasteiger partial charge in [0.2, 0.25) is 82.7 Å². The van der Waals surface area contributed by atoms with Gasteiger partial charge in [0.1, 0.15) is 72.5 Å². The number of guanidine groups is 2. The molecule has 117 heavy (non-hydrogen) atoms. The molecule has 1 aromatic carbocycles. The van der Waals surface area contributed by atoms with Gasteiger partial charge in [0.15, 0.2) is 11.9 Å². The number of H-pyrrole nitrogens is 1. The van der Waals surface area contributed by atoms with Crippen molar-refractivity contribution < 1.29 is 117 Å². The van der Waals surface area contributed by atoms with Crippen LogP contribution in [-0.4, -0.2) is 271 Å². The number of hydrogen-bond donors (Lipinski definition) is 31. The van der Waals surface area contributed by atoms with Gasteiger partial charge in [-0.2, -0.15) is 25.3 Å². The molecule has 0 bridgehead atoms. The number of primary amides is 2. The molecule has 50 heteroatoms. The number of amides is 14. The first-order valence-corrected chi connectivity index (χ1v) is 37.8. The summed E-state index contributed by atoms with van der Waals surface area (Å²) in [7, 11) is 0. The quantitative estimate of drug-likeness (QED) is 0.0127. The molecule has 1 heterocycles. The van der Waals surface area contributed by atoms with E-state index in [2.05, 4.69) is 105 Å². The molecule has 0 aliphatic rings. The Kier molecular flexibility index (Phi) is 45.7. The first-order chi connectivity index (χ1) is 55.1. The Morgan fingerprint density at radius 2 is 0.675 bits per heavy atom. The highest BCUT2D eigenvalue weighted by Gasteiger charge is 2.39. The SMILES string of the molecule is N=C(N)NCCC[C@H](NC(=O)[C@H](CCCCN)NC(=O)[C@H](CCC(=O)O)NC(=O)[C@H](CC(=O)O)NC(=O)[C@H](Cc1c[nH]c2ccccc12)NC(=O)[C@H](CC(=O)O)NC(=O)[C@H](CCC(=O)O)NC(=O)[C@H](CCCCN)NC(=O)[C@H](CCCNC(=N)N)NC(=O)[C@H](CS)NC(=O)[C@@H](N)CC(N)=O)C(=O)N[C@@H](CS)C(=O)N[C@@H](CC(N)=O)C(=O)O. The Labute approximate surface area is 679 Å². The third-order valence-corrected chi connectivity index (χ3v) is 17.9. The number of thiol groups is 2. The maximum atomic E-state index is 14.8. The fourth-order valence-corrected chi connectivity index (χ4v) is 11.6. The minimum absolute atomic E-state index is 0.00803. The number of aliphatic carboxylic acids is 5. The number of para-hydroxylation sites is 1. The van der Waals surface area contributed by atoms with E-state index in [4.69, 9.17) is 51.0 Å². The summed E-state index contributed by atoms with van der Waals surface area (Å²) < 4.78 is 0. The van der Waals surface area contributed by atoms with Crippen LogP contribution in [0.2, 0.25) is 0 Å². The molecule has 2 aromatic rings. The Bertz CT molecular complexity index is 3860. The van der Waals surface area contributed by atoms with E-state index in [-0.39, 0.29) is 96.0 Å². The molecule has 48 nitrogen and oxygen atoms in total. The molecule has 0 fully saturated rings. The summed E-state index contributed by atoms with van der Waals surface area (Å²) in [6.45, 7) is -0.00537. The second kappa shape index (κ2) is 53.1. The highest BCUT2D eigenvalue weighted by molar-refractivity contribution is 7.80. The van der Waals surface area contributed by atoms with Gasteiger partial charge < -0.3 is 145 Å². The normalized spacial score (nSPS) is 14.3. The van der Waals surface area contributed by atoms with Crippen LogP contribution in [0.25, 0.3) is 10.9 Å². The number of rotatable bonds is 59. The maximum Gasteiger partial charge on any atom is 0.326 e. The van der Waals surface area contributed by atoms with Crippen molar-refractivity contribution in [3.63, 3.8) is 0 Å². The zero-order valence-corrected chi connectivity index (χ0v) is 65.3. The fraction of sp³-hybridized carbons (Fsp3) is 0.567. The monoisotopic (exact) mass is 1690 g/mol. The van der Waals surface area contributed by atoms with Gasteiger partial charge >= 0.3 is 29.8 Å². The van der Waals surface area contributed by atoms with E-state index in [9.17, 15) is 117 Å². The molecular weight excluding hydrogens is 1590 g/mol. The molecule has 1 aromatic heterocycles. The number of hydrogen-bond acceptors (Lipinski definition) is 26. The number of fused-ring (bicyclic) bond motifs is 1. The average molecular weight is 1700 g/mol. The average Bonchev–Trinajstić information content (AvgIpc) is 1.69. The molecule has 0 radical (unpaired) electrons. The number of carboxylic acids is 5. The number of aromatic amines is 1. The van der Waals surface area contributed by atoms with Crippen molar-refractivity contribution in [3.8, 4) is 0 Å². The van der Waals surface area contributed by atoms with Gasteiger partial charge in [-0.1, -0.05) is 18.2 Å². The summed E-state index contributed by atoms with van der Waals surface area (Å²) in [6.07, 6.45) is -7.26. The highest BCUT2D eigenvalue weighted by atomic mass is 32.1. The lowest BCUT2D eigenvalue weighted by Crippen LogP contribution is -2.61. The predicted octanol–water partition coefficient (Wildman–Crippen LogP) is -9.99. The molecule has 0 unspecified atom stereocenters. The molecule has 0 spiro atoms. The zero-order valence-electron chi connectivity index (χ0n) is 63.5. The molecule has 0 saturated carbocycles. The van der Waals surface area contributed by atoms with E-state index in [1.807, 2.05) is 0 Å². The second-order valence-electron chi connectivity index (χ2n) is 26.5. The Morgan fingerprint density at radius 3 is 1.02 bits per heavy atom. The van der Waals surface area contributed by atoms with E-state index in [0.29, 0.717) is 10.9 Å². The summed E-state index contributed by atoms with van der Waals surface area (Å²) in [5.41, 5.74) is 39.0. The van der Waals surface area contributed by atoms with Crippen LogP contribution < -0.4 is 115 Å². The number of unbranched alkanes of at least 4 members (excludes halogenated alkanes) is 2. The van der Waals surface area contributed by atoms with E-state index >= 15 is 0 Å². The number of carboxylic acid groups (broad SMARTS) is 5. The van der Waals surface area contributed by atoms with E-state index in [1.54, 1.807) is 24.3 Å². The number of nitrogens with one attached hydrogen (secondary N) is 17. The Morgan fingerprint density at radius 1 is 0.368 bits per heavy atom. The summed E-state index contributed by atoms with van der Waals surface area (Å²) >= 11 is 8.18. The van der Waals surface area contributed by atoms with Crippen molar-refractivity contribution in [2.45, 2.75) is 201 Å². The van der Waals surface area contributed by atoms with Crippen LogP contribution in [0.5, 0.6) is 0 Å². The minimum Gasteiger partial charge on any atom is -0.481 e. The molecule has 0 saturated heterocycles. The first kappa shape index (κ1) is 101. The van der Waals surface area contributed by atoms with Crippen LogP contribution in [0.3, 0.4) is 0 Å². The second-order valence-corrected chi connectivity index (χ2v) is 27.3. The van der Waals surface area contributed by atoms with Crippen molar-refractivity contribution in [1.29, 1.82) is 10.8 Å². The van der Waals surface area contributed by atoms with E-state index in [0.717, 1.165) is 0 Å². The topological polar surface area (TPSA) is 840 Å². The lowest BCUT2D eigenvalue weighted by atomic mass is 10.0. The van der Waals surface area contributed by atoms with Gasteiger partial charge in [0.25, 0.3) is 0 Å². The van der Waals surface area contributed by atoms with Crippen LogP contribution in [0.4, 0.5) is 0 Å². The van der Waals surface area contributed by atoms with E-state index in [1.165, 1.54) is 6.20 Å². The molecule has 0 aliphatic heterocycles. The number of carbonyl (C=O) groups excluding carboxylic acids is 14. The molecule has 650 valence electrons. The lowest BCUT2D eigenvalue weighted by molar-refractivity contribution is -0.143. The lowest BCUT2D eigenvalue weighted by Gasteiger charge is -2.28. The molecule has 2 rings (SSSR count). The van der Waals surface area contributed by atoms with Crippen molar-refractivity contribution in [1.82, 2.24) is 79.4 Å². The van der Waals surface area contributed by atoms with Gasteiger partial charge in [-0.25, -0.2) is 4.79 Å². The number of aromatic nitrogens is 1. The molecule has 14 amide bonds. The van der Waals surface area contributed by atoms with Crippen molar-refractivity contribution in [3.05, 3.63) is 36.0 Å². The van der Waals surface area contributed by atoms with Crippen LogP contribution in [0.15, 0.2) is 30.5 Å². The first-order valence-electron chi connectivity index (χ1n) is 36.5. The van der Waals surface area contributed by atoms with Crippen LogP contribution >= 0.6 is 25.3 Å². The molecule has 0 aliphatic carbocycles. The minimum atomic E-state index is -2.28. The molecule has 36 N–H and O–H groups in total. The molecular formula is C67H106N24O24S2. The maximum absolute atomic E-state index is 14.8. The van der Waals surface area contributed by atoms with Gasteiger partial charge in [0.05, 0.1) is 31.7 Å². The fourth-order valence-electron chi connectivity index (χ4n) is 11.1. The predicted molar refractivity (Wildman–Crippen MR) is 418 cm³/mol. The summed E-state index contributed by atoms with van der Waals surface area (Å²) in [5, 5.41) is 97.5. The largest absolute Gasteiger partial charge is 0.481 e. The van der Waals surface area contributed by atoms with Crippen LogP contribution in [0.1, 0.15) is 121 Å². The van der Waals surface area contributed by atoms with Crippen molar-refractivity contribution >= 4 is 161 Å².